The Bertz CT molecular complexity index is 1190. The third-order valence-corrected chi connectivity index (χ3v) is 7.75. The van der Waals surface area contributed by atoms with E-state index < -0.39 is 45.3 Å². The first kappa shape index (κ1) is 25.2. The van der Waals surface area contributed by atoms with Gasteiger partial charge in [0.2, 0.25) is 0 Å². The van der Waals surface area contributed by atoms with E-state index in [9.17, 15) is 28.2 Å². The van der Waals surface area contributed by atoms with Gasteiger partial charge in [-0.15, -0.1) is 0 Å². The second kappa shape index (κ2) is 11.1. The molecule has 34 heavy (non-hydrogen) atoms. The second-order valence-corrected chi connectivity index (χ2v) is 10.7. The molecule has 2 unspecified atom stereocenters. The number of hydrogen-bond acceptors (Lipinski definition) is 4. The van der Waals surface area contributed by atoms with Crippen molar-refractivity contribution in [1.82, 2.24) is 0 Å². The number of sulfone groups is 1. The minimum atomic E-state index is -3.90. The zero-order chi connectivity index (χ0) is 24.6. The van der Waals surface area contributed by atoms with Crippen molar-refractivity contribution < 1.29 is 28.2 Å². The number of benzene rings is 3. The molecule has 0 aliphatic carbocycles. The molecule has 0 amide bonds. The lowest BCUT2D eigenvalue weighted by atomic mass is 9.68. The SMILES string of the molecule is O=C(O)CC(Cc1ccccc1)C(Cc1ccccc1)(CS(=O)(=O)Cc1ccccc1)C(=O)O. The number of carboxylic acid groups (broad SMARTS) is 2. The minimum absolute atomic E-state index is 0.0953. The van der Waals surface area contributed by atoms with E-state index in [-0.39, 0.29) is 18.6 Å². The number of rotatable bonds is 12. The Labute approximate surface area is 199 Å². The van der Waals surface area contributed by atoms with Crippen molar-refractivity contribution in [2.45, 2.75) is 25.0 Å². The summed E-state index contributed by atoms with van der Waals surface area (Å²) in [5, 5.41) is 20.2. The maximum Gasteiger partial charge on any atom is 0.311 e. The molecule has 0 saturated heterocycles. The van der Waals surface area contributed by atoms with Crippen molar-refractivity contribution >= 4 is 21.8 Å². The fraction of sp³-hybridized carbons (Fsp3) is 0.259. The summed E-state index contributed by atoms with van der Waals surface area (Å²) in [5.41, 5.74) is 0.124. The molecule has 0 heterocycles. The van der Waals surface area contributed by atoms with Crippen molar-refractivity contribution in [1.29, 1.82) is 0 Å². The average molecular weight is 481 g/mol. The molecule has 178 valence electrons. The molecule has 6 nitrogen and oxygen atoms in total. The maximum absolute atomic E-state index is 13.3. The summed E-state index contributed by atoms with van der Waals surface area (Å²) >= 11 is 0. The van der Waals surface area contributed by atoms with Crippen molar-refractivity contribution in [3.8, 4) is 0 Å². The van der Waals surface area contributed by atoms with Gasteiger partial charge >= 0.3 is 11.9 Å². The summed E-state index contributed by atoms with van der Waals surface area (Å²) in [7, 11) is -3.90. The molecule has 0 aliphatic heterocycles. The lowest BCUT2D eigenvalue weighted by molar-refractivity contribution is -0.153. The Morgan fingerprint density at radius 1 is 0.735 bits per heavy atom. The number of aliphatic carboxylic acids is 2. The molecule has 0 fully saturated rings. The highest BCUT2D eigenvalue weighted by Crippen LogP contribution is 2.39. The standard InChI is InChI=1S/C27H28O6S/c28-25(29)17-24(16-21-10-4-1-5-11-21)27(26(30)31,18-22-12-6-2-7-13-22)20-34(32,33)19-23-14-8-3-9-15-23/h1-15,24H,16-20H2,(H,28,29)(H,30,31). The first-order valence-electron chi connectivity index (χ1n) is 11.0. The quantitative estimate of drug-likeness (QED) is 0.401. The van der Waals surface area contributed by atoms with Crippen molar-refractivity contribution in [3.05, 3.63) is 108 Å². The third-order valence-electron chi connectivity index (χ3n) is 6.02. The van der Waals surface area contributed by atoms with Crippen LogP contribution in [0.3, 0.4) is 0 Å². The molecule has 3 aromatic rings. The lowest BCUT2D eigenvalue weighted by Gasteiger charge is -2.37. The molecule has 0 spiro atoms. The van der Waals surface area contributed by atoms with E-state index in [1.54, 1.807) is 84.9 Å². The smallest absolute Gasteiger partial charge is 0.311 e. The topological polar surface area (TPSA) is 109 Å². The van der Waals surface area contributed by atoms with Gasteiger partial charge in [-0.2, -0.15) is 0 Å². The predicted molar refractivity (Wildman–Crippen MR) is 130 cm³/mol. The minimum Gasteiger partial charge on any atom is -0.481 e. The van der Waals surface area contributed by atoms with Gasteiger partial charge in [-0.1, -0.05) is 91.0 Å². The molecule has 7 heteroatoms. The van der Waals surface area contributed by atoms with E-state index in [4.69, 9.17) is 0 Å². The Hall–Kier alpha value is -3.45. The van der Waals surface area contributed by atoms with Crippen molar-refractivity contribution in [3.63, 3.8) is 0 Å². The van der Waals surface area contributed by atoms with Crippen LogP contribution in [-0.4, -0.2) is 36.3 Å². The van der Waals surface area contributed by atoms with E-state index in [2.05, 4.69) is 0 Å². The van der Waals surface area contributed by atoms with E-state index in [1.807, 2.05) is 6.07 Å². The van der Waals surface area contributed by atoms with Crippen LogP contribution in [0.4, 0.5) is 0 Å². The molecule has 0 saturated carbocycles. The summed E-state index contributed by atoms with van der Waals surface area (Å²) in [6.45, 7) is 0. The van der Waals surface area contributed by atoms with Gasteiger partial charge in [-0.25, -0.2) is 8.42 Å². The van der Waals surface area contributed by atoms with E-state index in [1.165, 1.54) is 0 Å². The molecule has 3 aromatic carbocycles. The Balaban J connectivity index is 2.08. The van der Waals surface area contributed by atoms with Crippen LogP contribution in [0.1, 0.15) is 23.1 Å². The normalized spacial score (nSPS) is 14.1. The molecule has 0 bridgehead atoms. The van der Waals surface area contributed by atoms with Crippen LogP contribution < -0.4 is 0 Å². The predicted octanol–water partition coefficient (Wildman–Crippen LogP) is 4.25. The van der Waals surface area contributed by atoms with E-state index in [0.29, 0.717) is 11.1 Å². The molecule has 3 rings (SSSR count). The van der Waals surface area contributed by atoms with Gasteiger partial charge in [-0.05, 0) is 35.4 Å². The first-order chi connectivity index (χ1) is 16.2. The third kappa shape index (κ3) is 6.78. The molecule has 2 N–H and O–H groups in total. The van der Waals surface area contributed by atoms with Crippen LogP contribution in [0.5, 0.6) is 0 Å². The Morgan fingerprint density at radius 2 is 1.21 bits per heavy atom. The van der Waals surface area contributed by atoms with Gasteiger partial charge < -0.3 is 10.2 Å². The molecule has 0 aliphatic rings. The highest BCUT2D eigenvalue weighted by molar-refractivity contribution is 7.90. The maximum atomic E-state index is 13.3. The van der Waals surface area contributed by atoms with Gasteiger partial charge in [0.1, 0.15) is 0 Å². The number of hydrogen-bond donors (Lipinski definition) is 2. The second-order valence-electron chi connectivity index (χ2n) is 8.63. The Morgan fingerprint density at radius 3 is 1.68 bits per heavy atom. The zero-order valence-corrected chi connectivity index (χ0v) is 19.5. The summed E-state index contributed by atoms with van der Waals surface area (Å²) < 4.78 is 26.7. The number of carbonyl (C=O) groups is 2. The highest BCUT2D eigenvalue weighted by atomic mass is 32.2. The van der Waals surface area contributed by atoms with Gasteiger partial charge in [0.25, 0.3) is 0 Å². The summed E-state index contributed by atoms with van der Waals surface area (Å²) in [6.07, 6.45) is -0.427. The fourth-order valence-corrected chi connectivity index (χ4v) is 6.48. The van der Waals surface area contributed by atoms with E-state index >= 15 is 0 Å². The summed E-state index contributed by atoms with van der Waals surface area (Å²) in [5.74, 6) is -4.40. The summed E-state index contributed by atoms with van der Waals surface area (Å²) in [4.78, 5) is 24.7. The van der Waals surface area contributed by atoms with Crippen LogP contribution in [0, 0.1) is 11.3 Å². The van der Waals surface area contributed by atoms with Gasteiger partial charge in [0.15, 0.2) is 9.84 Å². The fourth-order valence-electron chi connectivity index (χ4n) is 4.43. The first-order valence-corrected chi connectivity index (χ1v) is 12.8. The molecular weight excluding hydrogens is 452 g/mol. The van der Waals surface area contributed by atoms with Crippen LogP contribution in [0.25, 0.3) is 0 Å². The van der Waals surface area contributed by atoms with Gasteiger partial charge in [0, 0.05) is 6.42 Å². The van der Waals surface area contributed by atoms with Crippen LogP contribution in [0.2, 0.25) is 0 Å². The lowest BCUT2D eigenvalue weighted by Crippen LogP contribution is -2.48. The van der Waals surface area contributed by atoms with Crippen LogP contribution >= 0.6 is 0 Å². The molecule has 0 aromatic heterocycles. The highest BCUT2D eigenvalue weighted by Gasteiger charge is 2.49. The van der Waals surface area contributed by atoms with Crippen LogP contribution in [0.15, 0.2) is 91.0 Å². The summed E-state index contributed by atoms with van der Waals surface area (Å²) in [6, 6.07) is 26.3. The van der Waals surface area contributed by atoms with Crippen molar-refractivity contribution in [2.75, 3.05) is 5.75 Å². The average Bonchev–Trinajstić information content (AvgIpc) is 2.79. The van der Waals surface area contributed by atoms with Crippen LogP contribution in [-0.2, 0) is 38.0 Å². The molecule has 2 atom stereocenters. The van der Waals surface area contributed by atoms with Gasteiger partial charge in [-0.3, -0.25) is 9.59 Å². The Kier molecular flexibility index (Phi) is 8.23. The number of carboxylic acids is 2. The van der Waals surface area contributed by atoms with Gasteiger partial charge in [0.05, 0.1) is 16.9 Å². The molecule has 0 radical (unpaired) electrons. The molecular formula is C27H28O6S. The van der Waals surface area contributed by atoms with E-state index in [0.717, 1.165) is 5.56 Å². The van der Waals surface area contributed by atoms with Crippen molar-refractivity contribution in [2.24, 2.45) is 11.3 Å². The largest absolute Gasteiger partial charge is 0.481 e. The monoisotopic (exact) mass is 480 g/mol. The zero-order valence-electron chi connectivity index (χ0n) is 18.7.